The first-order chi connectivity index (χ1) is 27.3. The average Bonchev–Trinajstić information content (AvgIpc) is 3.81. The summed E-state index contributed by atoms with van der Waals surface area (Å²) in [5, 5.41) is 3.33. The lowest BCUT2D eigenvalue weighted by atomic mass is 10.0. The van der Waals surface area contributed by atoms with Crippen molar-refractivity contribution in [3.05, 3.63) is 200 Å². The van der Waals surface area contributed by atoms with Crippen molar-refractivity contribution in [1.82, 2.24) is 18.9 Å². The number of rotatable bonds is 6. The van der Waals surface area contributed by atoms with Gasteiger partial charge in [-0.15, -0.1) is 0 Å². The number of hydrogen-bond donors (Lipinski definition) is 0. The number of imidazole rings is 1. The number of para-hydroxylation sites is 4. The molecular formula is C50H33N5. The van der Waals surface area contributed by atoms with Crippen molar-refractivity contribution in [3.63, 3.8) is 0 Å². The first-order valence-corrected chi connectivity index (χ1v) is 18.6. The largest absolute Gasteiger partial charge is 0.310 e. The van der Waals surface area contributed by atoms with Gasteiger partial charge in [0.05, 0.1) is 27.6 Å². The summed E-state index contributed by atoms with van der Waals surface area (Å²) in [5.41, 5.74) is 13.9. The number of fused-ring (bicyclic) bond motifs is 8. The van der Waals surface area contributed by atoms with Gasteiger partial charge in [-0.05, 0) is 95.1 Å². The van der Waals surface area contributed by atoms with E-state index >= 15 is 0 Å². The van der Waals surface area contributed by atoms with E-state index in [2.05, 4.69) is 202 Å². The van der Waals surface area contributed by atoms with E-state index in [1.807, 2.05) is 12.1 Å². The molecule has 8 aromatic carbocycles. The van der Waals surface area contributed by atoms with Gasteiger partial charge in [0, 0.05) is 33.2 Å². The van der Waals surface area contributed by atoms with Crippen molar-refractivity contribution >= 4 is 66.5 Å². The minimum Gasteiger partial charge on any atom is -0.310 e. The quantitative estimate of drug-likeness (QED) is 0.173. The molecule has 0 saturated heterocycles. The van der Waals surface area contributed by atoms with Crippen LogP contribution in [0.25, 0.3) is 77.6 Å². The molecule has 0 aliphatic carbocycles. The van der Waals surface area contributed by atoms with Crippen molar-refractivity contribution in [2.24, 2.45) is 0 Å². The van der Waals surface area contributed by atoms with Crippen LogP contribution in [-0.4, -0.2) is 18.9 Å². The van der Waals surface area contributed by atoms with Gasteiger partial charge in [-0.2, -0.15) is 0 Å². The van der Waals surface area contributed by atoms with Crippen LogP contribution >= 0.6 is 0 Å². The van der Waals surface area contributed by atoms with Crippen molar-refractivity contribution in [2.75, 3.05) is 4.90 Å². The molecule has 0 spiro atoms. The number of nitrogens with zero attached hydrogens (tertiary/aromatic N) is 5. The highest BCUT2D eigenvalue weighted by Crippen LogP contribution is 2.41. The van der Waals surface area contributed by atoms with Crippen molar-refractivity contribution in [1.29, 1.82) is 0 Å². The summed E-state index contributed by atoms with van der Waals surface area (Å²) in [5.74, 6) is 0.811. The fourth-order valence-electron chi connectivity index (χ4n) is 8.11. The zero-order valence-corrected chi connectivity index (χ0v) is 29.8. The maximum atomic E-state index is 5.36. The van der Waals surface area contributed by atoms with E-state index in [1.54, 1.807) is 0 Å². The summed E-state index contributed by atoms with van der Waals surface area (Å²) in [6.07, 6.45) is 0. The molecule has 0 saturated carbocycles. The highest BCUT2D eigenvalue weighted by atomic mass is 15.2. The summed E-state index contributed by atoms with van der Waals surface area (Å²) in [6, 6.07) is 70.9. The summed E-state index contributed by atoms with van der Waals surface area (Å²) in [4.78, 5) is 12.8. The van der Waals surface area contributed by atoms with Crippen molar-refractivity contribution < 1.29 is 0 Å². The predicted molar refractivity (Wildman–Crippen MR) is 228 cm³/mol. The molecule has 0 atom stereocenters. The third-order valence-electron chi connectivity index (χ3n) is 10.7. The first kappa shape index (κ1) is 31.1. The van der Waals surface area contributed by atoms with Gasteiger partial charge in [-0.1, -0.05) is 127 Å². The van der Waals surface area contributed by atoms with Crippen LogP contribution in [0.15, 0.2) is 200 Å². The molecule has 0 N–H and O–H groups in total. The van der Waals surface area contributed by atoms with Crippen LogP contribution in [0.2, 0.25) is 0 Å². The molecule has 0 aliphatic rings. The second-order valence-corrected chi connectivity index (χ2v) is 13.9. The summed E-state index contributed by atoms with van der Waals surface area (Å²) in [6.45, 7) is 0. The van der Waals surface area contributed by atoms with Crippen LogP contribution in [-0.2, 0) is 0 Å². The van der Waals surface area contributed by atoms with Crippen LogP contribution in [0.5, 0.6) is 0 Å². The Hall–Kier alpha value is -7.50. The van der Waals surface area contributed by atoms with Gasteiger partial charge in [-0.25, -0.2) is 9.97 Å². The Bertz CT molecular complexity index is 3100. The third kappa shape index (κ3) is 5.09. The average molecular weight is 704 g/mol. The molecule has 0 bridgehead atoms. The fourth-order valence-corrected chi connectivity index (χ4v) is 8.11. The number of benzene rings is 8. The predicted octanol–water partition coefficient (Wildman–Crippen LogP) is 12.9. The Kier molecular flexibility index (Phi) is 7.10. The van der Waals surface area contributed by atoms with Crippen LogP contribution in [0.3, 0.4) is 0 Å². The Morgan fingerprint density at radius 1 is 0.345 bits per heavy atom. The smallest absolute Gasteiger partial charge is 0.221 e. The second kappa shape index (κ2) is 12.6. The summed E-state index contributed by atoms with van der Waals surface area (Å²) in [7, 11) is 0. The standard InChI is InChI=1S/C50H33N5/c1-3-13-34(14-4-1)36-23-27-38(28-24-36)53(39-29-25-37(26-30-39)35-15-5-2-6-16-35)40-31-32-47-43(33-40)41-17-8-11-21-46(41)54(47)50-52-44-19-9-7-18-42(44)49-51-45-20-10-12-22-48(45)55(49)50/h1-33H. The lowest BCUT2D eigenvalue weighted by Gasteiger charge is -2.26. The summed E-state index contributed by atoms with van der Waals surface area (Å²) < 4.78 is 4.52. The highest BCUT2D eigenvalue weighted by molar-refractivity contribution is 6.11. The molecule has 0 fully saturated rings. The highest BCUT2D eigenvalue weighted by Gasteiger charge is 2.21. The second-order valence-electron chi connectivity index (χ2n) is 13.9. The number of hydrogen-bond acceptors (Lipinski definition) is 3. The lowest BCUT2D eigenvalue weighted by molar-refractivity contribution is 0.979. The van der Waals surface area contributed by atoms with Crippen molar-refractivity contribution in [2.45, 2.75) is 0 Å². The van der Waals surface area contributed by atoms with Gasteiger partial charge in [0.1, 0.15) is 5.65 Å². The Labute approximate surface area is 317 Å². The van der Waals surface area contributed by atoms with Gasteiger partial charge in [0.25, 0.3) is 0 Å². The third-order valence-corrected chi connectivity index (χ3v) is 10.7. The molecule has 55 heavy (non-hydrogen) atoms. The molecule has 258 valence electrons. The fraction of sp³-hybridized carbons (Fsp3) is 0. The molecule has 11 rings (SSSR count). The molecule has 5 nitrogen and oxygen atoms in total. The van der Waals surface area contributed by atoms with E-state index in [4.69, 9.17) is 9.97 Å². The van der Waals surface area contributed by atoms with E-state index in [9.17, 15) is 0 Å². The molecule has 0 aliphatic heterocycles. The minimum atomic E-state index is 0.811. The van der Waals surface area contributed by atoms with Gasteiger partial charge >= 0.3 is 0 Å². The first-order valence-electron chi connectivity index (χ1n) is 18.6. The molecular weight excluding hydrogens is 671 g/mol. The van der Waals surface area contributed by atoms with Crippen LogP contribution in [0.1, 0.15) is 0 Å². The van der Waals surface area contributed by atoms with Gasteiger partial charge in [0.2, 0.25) is 5.95 Å². The Balaban J connectivity index is 1.13. The van der Waals surface area contributed by atoms with Crippen LogP contribution < -0.4 is 4.90 Å². The molecule has 0 unspecified atom stereocenters. The van der Waals surface area contributed by atoms with Crippen LogP contribution in [0.4, 0.5) is 17.1 Å². The Morgan fingerprint density at radius 2 is 0.836 bits per heavy atom. The topological polar surface area (TPSA) is 38.4 Å². The van der Waals surface area contributed by atoms with E-state index in [1.165, 1.54) is 22.3 Å². The number of aromatic nitrogens is 4. The van der Waals surface area contributed by atoms with E-state index in [-0.39, 0.29) is 0 Å². The van der Waals surface area contributed by atoms with Crippen LogP contribution in [0, 0.1) is 0 Å². The van der Waals surface area contributed by atoms with Gasteiger partial charge in [0.15, 0.2) is 0 Å². The molecule has 11 aromatic rings. The molecule has 3 heterocycles. The monoisotopic (exact) mass is 703 g/mol. The lowest BCUT2D eigenvalue weighted by Crippen LogP contribution is -2.10. The molecule has 0 amide bonds. The molecule has 3 aromatic heterocycles. The maximum absolute atomic E-state index is 5.36. The Morgan fingerprint density at radius 3 is 1.49 bits per heavy atom. The normalized spacial score (nSPS) is 11.6. The van der Waals surface area contributed by atoms with E-state index in [0.29, 0.717) is 0 Å². The minimum absolute atomic E-state index is 0.811. The van der Waals surface area contributed by atoms with Gasteiger partial charge < -0.3 is 4.90 Å². The molecule has 0 radical (unpaired) electrons. The molecule has 5 heteroatoms. The summed E-state index contributed by atoms with van der Waals surface area (Å²) >= 11 is 0. The van der Waals surface area contributed by atoms with E-state index in [0.717, 1.165) is 72.4 Å². The van der Waals surface area contributed by atoms with Gasteiger partial charge in [-0.3, -0.25) is 8.97 Å². The zero-order chi connectivity index (χ0) is 36.3. The SMILES string of the molecule is c1ccc(-c2ccc(N(c3ccc(-c4ccccc4)cc3)c3ccc4c(c3)c3ccccc3n4-c3nc4ccccc4c4nc5ccccc5n34)cc2)cc1. The number of anilines is 3. The van der Waals surface area contributed by atoms with E-state index < -0.39 is 0 Å². The zero-order valence-electron chi connectivity index (χ0n) is 29.8. The maximum Gasteiger partial charge on any atom is 0.221 e. The van der Waals surface area contributed by atoms with Crippen molar-refractivity contribution in [3.8, 4) is 28.2 Å².